The molecular formula is C14H20N4O3. The van der Waals surface area contributed by atoms with Crippen LogP contribution in [0.2, 0.25) is 0 Å². The number of nitrogens with one attached hydrogen (secondary N) is 1. The molecule has 0 saturated carbocycles. The van der Waals surface area contributed by atoms with Crippen molar-refractivity contribution in [2.75, 3.05) is 19.6 Å². The zero-order valence-corrected chi connectivity index (χ0v) is 11.7. The predicted octanol–water partition coefficient (Wildman–Crippen LogP) is 0.333. The maximum atomic E-state index is 12.1. The maximum absolute atomic E-state index is 12.1. The van der Waals surface area contributed by atoms with Gasteiger partial charge in [0.1, 0.15) is 5.75 Å². The van der Waals surface area contributed by atoms with Crippen LogP contribution in [0, 0.1) is 0 Å². The Kier molecular flexibility index (Phi) is 4.99. The van der Waals surface area contributed by atoms with Crippen LogP contribution < -0.4 is 11.1 Å². The summed E-state index contributed by atoms with van der Waals surface area (Å²) in [4.78, 5) is 14.1. The van der Waals surface area contributed by atoms with E-state index in [9.17, 15) is 9.90 Å². The zero-order chi connectivity index (χ0) is 15.2. The number of rotatable bonds is 4. The van der Waals surface area contributed by atoms with Crippen LogP contribution in [-0.4, -0.2) is 52.6 Å². The molecule has 0 spiro atoms. The molecule has 0 aliphatic carbocycles. The number of phenols is 1. The Bertz CT molecular complexity index is 525. The molecule has 1 aromatic carbocycles. The maximum Gasteiger partial charge on any atom is 0.255 e. The second kappa shape index (κ2) is 6.94. The first-order valence-electron chi connectivity index (χ1n) is 6.87. The molecule has 0 unspecified atom stereocenters. The number of carbonyl (C=O) groups excluding carboxylic acids is 1. The number of carbonyl (C=O) groups is 1. The molecule has 1 aromatic rings. The Morgan fingerprint density at radius 2 is 2.05 bits per heavy atom. The van der Waals surface area contributed by atoms with Crippen LogP contribution in [0.5, 0.6) is 5.75 Å². The van der Waals surface area contributed by atoms with E-state index in [4.69, 9.17) is 10.9 Å². The summed E-state index contributed by atoms with van der Waals surface area (Å²) in [5, 5.41) is 24.1. The van der Waals surface area contributed by atoms with Gasteiger partial charge in [0.05, 0.1) is 12.1 Å². The van der Waals surface area contributed by atoms with Gasteiger partial charge in [-0.2, -0.15) is 0 Å². The molecule has 0 radical (unpaired) electrons. The minimum absolute atomic E-state index is 0.0145. The molecule has 1 saturated heterocycles. The van der Waals surface area contributed by atoms with E-state index in [0.29, 0.717) is 6.54 Å². The van der Waals surface area contributed by atoms with Crippen LogP contribution >= 0.6 is 0 Å². The highest BCUT2D eigenvalue weighted by Gasteiger charge is 2.22. The van der Waals surface area contributed by atoms with Crippen molar-refractivity contribution >= 4 is 11.7 Å². The van der Waals surface area contributed by atoms with Crippen molar-refractivity contribution in [1.29, 1.82) is 0 Å². The van der Waals surface area contributed by atoms with E-state index < -0.39 is 0 Å². The molecule has 21 heavy (non-hydrogen) atoms. The molecule has 1 fully saturated rings. The second-order valence-electron chi connectivity index (χ2n) is 5.13. The third kappa shape index (κ3) is 4.09. The summed E-state index contributed by atoms with van der Waals surface area (Å²) in [6.07, 6.45) is 1.58. The molecule has 1 amide bonds. The van der Waals surface area contributed by atoms with Gasteiger partial charge < -0.3 is 21.4 Å². The highest BCUT2D eigenvalue weighted by atomic mass is 16.4. The Balaban J connectivity index is 1.84. The molecule has 114 valence electrons. The number of oxime groups is 1. The first-order valence-corrected chi connectivity index (χ1v) is 6.87. The van der Waals surface area contributed by atoms with E-state index in [0.717, 1.165) is 25.9 Å². The molecule has 7 nitrogen and oxygen atoms in total. The normalized spacial score (nSPS) is 17.6. The van der Waals surface area contributed by atoms with Gasteiger partial charge in [0.15, 0.2) is 5.84 Å². The topological polar surface area (TPSA) is 111 Å². The number of nitrogens with zero attached hydrogens (tertiary/aromatic N) is 2. The highest BCUT2D eigenvalue weighted by Crippen LogP contribution is 2.17. The van der Waals surface area contributed by atoms with Crippen LogP contribution in [0.4, 0.5) is 0 Å². The lowest BCUT2D eigenvalue weighted by atomic mass is 10.0. The molecule has 7 heteroatoms. The number of hydrogen-bond donors (Lipinski definition) is 4. The van der Waals surface area contributed by atoms with Gasteiger partial charge in [-0.05, 0) is 25.0 Å². The lowest BCUT2D eigenvalue weighted by molar-refractivity contribution is 0.0912. The number of piperidine rings is 1. The van der Waals surface area contributed by atoms with Crippen LogP contribution in [0.15, 0.2) is 29.4 Å². The molecule has 5 N–H and O–H groups in total. The van der Waals surface area contributed by atoms with Crippen LogP contribution in [0.25, 0.3) is 0 Å². The van der Waals surface area contributed by atoms with E-state index in [-0.39, 0.29) is 29.1 Å². The smallest absolute Gasteiger partial charge is 0.255 e. The minimum atomic E-state index is -0.261. The van der Waals surface area contributed by atoms with E-state index in [2.05, 4.69) is 15.4 Å². The quantitative estimate of drug-likeness (QED) is 0.277. The zero-order valence-electron chi connectivity index (χ0n) is 11.7. The number of likely N-dealkylation sites (tertiary alicyclic amines) is 1. The first-order chi connectivity index (χ1) is 10.1. The summed E-state index contributed by atoms with van der Waals surface area (Å²) in [6.45, 7) is 1.96. The summed E-state index contributed by atoms with van der Waals surface area (Å²) >= 11 is 0. The third-order valence-electron chi connectivity index (χ3n) is 3.59. The predicted molar refractivity (Wildman–Crippen MR) is 78.4 cm³/mol. The van der Waals surface area contributed by atoms with E-state index in [1.807, 2.05) is 0 Å². The molecule has 1 heterocycles. The average Bonchev–Trinajstić information content (AvgIpc) is 2.49. The van der Waals surface area contributed by atoms with Gasteiger partial charge in [-0.3, -0.25) is 9.69 Å². The van der Waals surface area contributed by atoms with Gasteiger partial charge in [-0.25, -0.2) is 0 Å². The minimum Gasteiger partial charge on any atom is -0.507 e. The van der Waals surface area contributed by atoms with Gasteiger partial charge in [0.25, 0.3) is 5.91 Å². The number of amidine groups is 1. The van der Waals surface area contributed by atoms with E-state index in [1.165, 1.54) is 6.07 Å². The monoisotopic (exact) mass is 292 g/mol. The second-order valence-corrected chi connectivity index (χ2v) is 5.13. The van der Waals surface area contributed by atoms with Gasteiger partial charge in [0, 0.05) is 19.1 Å². The van der Waals surface area contributed by atoms with Gasteiger partial charge in [-0.15, -0.1) is 0 Å². The third-order valence-corrected chi connectivity index (χ3v) is 3.59. The first kappa shape index (κ1) is 15.1. The molecule has 0 bridgehead atoms. The summed E-state index contributed by atoms with van der Waals surface area (Å²) < 4.78 is 0. The molecule has 0 aromatic heterocycles. The van der Waals surface area contributed by atoms with Crippen molar-refractivity contribution in [3.63, 3.8) is 0 Å². The Labute approximate surface area is 123 Å². The summed E-state index contributed by atoms with van der Waals surface area (Å²) in [6, 6.07) is 6.55. The van der Waals surface area contributed by atoms with Crippen LogP contribution in [-0.2, 0) is 0 Å². The Hall–Kier alpha value is -2.28. The van der Waals surface area contributed by atoms with Crippen molar-refractivity contribution in [3.05, 3.63) is 29.8 Å². The average molecular weight is 292 g/mol. The summed E-state index contributed by atoms with van der Waals surface area (Å²) in [5.74, 6) is -0.0888. The van der Waals surface area contributed by atoms with Crippen LogP contribution in [0.3, 0.4) is 0 Å². The number of phenolic OH excluding ortho intramolecular Hbond substituents is 1. The van der Waals surface area contributed by atoms with Gasteiger partial charge >= 0.3 is 0 Å². The molecule has 1 aliphatic rings. The molecule has 0 atom stereocenters. The Morgan fingerprint density at radius 1 is 1.38 bits per heavy atom. The van der Waals surface area contributed by atoms with Crippen molar-refractivity contribution in [3.8, 4) is 5.75 Å². The van der Waals surface area contributed by atoms with Crippen LogP contribution in [0.1, 0.15) is 23.2 Å². The Morgan fingerprint density at radius 3 is 2.67 bits per heavy atom. The number of hydrogen-bond acceptors (Lipinski definition) is 5. The number of benzene rings is 1. The fourth-order valence-corrected chi connectivity index (χ4v) is 2.42. The fourth-order valence-electron chi connectivity index (χ4n) is 2.42. The van der Waals surface area contributed by atoms with E-state index in [1.54, 1.807) is 18.2 Å². The molecule has 2 rings (SSSR count). The molecule has 1 aliphatic heterocycles. The number of amides is 1. The number of para-hydroxylation sites is 1. The fraction of sp³-hybridized carbons (Fsp3) is 0.429. The lowest BCUT2D eigenvalue weighted by Crippen LogP contribution is -2.46. The van der Waals surface area contributed by atoms with Gasteiger partial charge in [0.2, 0.25) is 0 Å². The number of nitrogens with two attached hydrogens (primary N) is 1. The van der Waals surface area contributed by atoms with Crippen molar-refractivity contribution in [2.45, 2.75) is 18.9 Å². The largest absolute Gasteiger partial charge is 0.507 e. The standard InChI is InChI=1S/C14H20N4O3/c15-13(17-21)9-18-7-5-10(6-8-18)16-14(20)11-3-1-2-4-12(11)19/h1-4,10,19,21H,5-9H2,(H2,15,17)(H,16,20). The SMILES string of the molecule is NC(CN1CCC(NC(=O)c2ccccc2O)CC1)=NO. The summed E-state index contributed by atoms with van der Waals surface area (Å²) in [7, 11) is 0. The summed E-state index contributed by atoms with van der Waals surface area (Å²) in [5.41, 5.74) is 5.76. The van der Waals surface area contributed by atoms with Gasteiger partial charge in [-0.1, -0.05) is 17.3 Å². The highest BCUT2D eigenvalue weighted by molar-refractivity contribution is 5.96. The van der Waals surface area contributed by atoms with Crippen molar-refractivity contribution in [1.82, 2.24) is 10.2 Å². The lowest BCUT2D eigenvalue weighted by Gasteiger charge is -2.31. The number of aromatic hydroxyl groups is 1. The van der Waals surface area contributed by atoms with Crippen molar-refractivity contribution in [2.24, 2.45) is 10.9 Å². The van der Waals surface area contributed by atoms with E-state index >= 15 is 0 Å². The molecular weight excluding hydrogens is 272 g/mol. The van der Waals surface area contributed by atoms with Crippen molar-refractivity contribution < 1.29 is 15.1 Å².